The van der Waals surface area contributed by atoms with Gasteiger partial charge in [0.05, 0.1) is 5.41 Å². The molecule has 0 spiro atoms. The van der Waals surface area contributed by atoms with Crippen LogP contribution in [0.3, 0.4) is 0 Å². The average molecular weight is 228 g/mol. The molecule has 1 fully saturated rings. The summed E-state index contributed by atoms with van der Waals surface area (Å²) in [4.78, 5) is 12.3. The van der Waals surface area contributed by atoms with E-state index in [0.29, 0.717) is 19.8 Å². The van der Waals surface area contributed by atoms with Gasteiger partial charge in [-0.2, -0.15) is 0 Å². The summed E-state index contributed by atoms with van der Waals surface area (Å²) < 4.78 is 5.30. The van der Waals surface area contributed by atoms with Crippen LogP contribution in [0.15, 0.2) is 0 Å². The Morgan fingerprint density at radius 2 is 2.00 bits per heavy atom. The number of nitrogens with one attached hydrogen (secondary N) is 1. The van der Waals surface area contributed by atoms with Crippen LogP contribution in [-0.2, 0) is 9.53 Å². The van der Waals surface area contributed by atoms with E-state index in [1.807, 2.05) is 13.8 Å². The lowest BCUT2D eigenvalue weighted by Crippen LogP contribution is -2.54. The van der Waals surface area contributed by atoms with E-state index in [-0.39, 0.29) is 11.4 Å². The van der Waals surface area contributed by atoms with E-state index in [9.17, 15) is 4.79 Å². The first kappa shape index (κ1) is 13.5. The number of amides is 1. The molecule has 1 heterocycles. The fourth-order valence-electron chi connectivity index (χ4n) is 1.81. The smallest absolute Gasteiger partial charge is 0.228 e. The van der Waals surface area contributed by atoms with Crippen molar-refractivity contribution in [3.05, 3.63) is 0 Å². The van der Waals surface area contributed by atoms with E-state index in [4.69, 9.17) is 10.5 Å². The molecular formula is C12H24N2O2. The first-order valence-electron chi connectivity index (χ1n) is 6.06. The second-order valence-electron chi connectivity index (χ2n) is 5.29. The quantitative estimate of drug-likeness (QED) is 0.756. The minimum Gasteiger partial charge on any atom is -0.381 e. The normalized spacial score (nSPS) is 20.5. The lowest BCUT2D eigenvalue weighted by Gasteiger charge is -2.37. The van der Waals surface area contributed by atoms with Crippen molar-refractivity contribution in [3.8, 4) is 0 Å². The van der Waals surface area contributed by atoms with Gasteiger partial charge in [-0.05, 0) is 33.1 Å². The van der Waals surface area contributed by atoms with Gasteiger partial charge in [0.2, 0.25) is 5.91 Å². The number of ether oxygens (including phenoxy) is 1. The van der Waals surface area contributed by atoms with Gasteiger partial charge in [-0.15, -0.1) is 0 Å². The highest BCUT2D eigenvalue weighted by atomic mass is 16.5. The molecule has 16 heavy (non-hydrogen) atoms. The summed E-state index contributed by atoms with van der Waals surface area (Å²) in [6, 6.07) is 0. The van der Waals surface area contributed by atoms with Crippen LogP contribution < -0.4 is 11.1 Å². The lowest BCUT2D eigenvalue weighted by molar-refractivity contribution is -0.137. The molecule has 3 N–H and O–H groups in total. The van der Waals surface area contributed by atoms with E-state index in [1.54, 1.807) is 0 Å². The fourth-order valence-corrected chi connectivity index (χ4v) is 1.81. The minimum absolute atomic E-state index is 0.0881. The van der Waals surface area contributed by atoms with Crippen LogP contribution in [0.2, 0.25) is 0 Å². The van der Waals surface area contributed by atoms with Gasteiger partial charge in [-0.1, -0.05) is 6.92 Å². The van der Waals surface area contributed by atoms with Gasteiger partial charge in [0.25, 0.3) is 0 Å². The van der Waals surface area contributed by atoms with Crippen molar-refractivity contribution in [1.82, 2.24) is 5.32 Å². The summed E-state index contributed by atoms with van der Waals surface area (Å²) in [6.07, 6.45) is 2.38. The van der Waals surface area contributed by atoms with Crippen LogP contribution in [0.25, 0.3) is 0 Å². The summed E-state index contributed by atoms with van der Waals surface area (Å²) in [6.45, 7) is 7.82. The molecule has 94 valence electrons. The van der Waals surface area contributed by atoms with Gasteiger partial charge >= 0.3 is 0 Å². The topological polar surface area (TPSA) is 64.4 Å². The first-order valence-corrected chi connectivity index (χ1v) is 6.06. The van der Waals surface area contributed by atoms with Crippen molar-refractivity contribution in [2.45, 2.75) is 45.6 Å². The fraction of sp³-hybridized carbons (Fsp3) is 0.917. The summed E-state index contributed by atoms with van der Waals surface area (Å²) in [5, 5.41) is 3.09. The molecule has 0 aliphatic carbocycles. The molecule has 1 saturated heterocycles. The number of nitrogens with two attached hydrogens (primary N) is 1. The van der Waals surface area contributed by atoms with Crippen molar-refractivity contribution >= 4 is 5.91 Å². The number of hydrogen-bond acceptors (Lipinski definition) is 3. The standard InChI is InChI=1S/C12H24N2O2/c1-4-11(2,3)14-10(15)12(9-13)5-7-16-8-6-12/h4-9,13H2,1-3H3,(H,14,15). The van der Waals surface area contributed by atoms with Gasteiger partial charge in [-0.3, -0.25) is 4.79 Å². The highest BCUT2D eigenvalue weighted by Gasteiger charge is 2.40. The number of carbonyl (C=O) groups is 1. The van der Waals surface area contributed by atoms with E-state index in [1.165, 1.54) is 0 Å². The predicted octanol–water partition coefficient (Wildman–Crippen LogP) is 1.05. The van der Waals surface area contributed by atoms with Gasteiger partial charge in [0.15, 0.2) is 0 Å². The molecule has 4 heteroatoms. The van der Waals surface area contributed by atoms with Gasteiger partial charge < -0.3 is 15.8 Å². The zero-order valence-electron chi connectivity index (χ0n) is 10.6. The highest BCUT2D eigenvalue weighted by Crippen LogP contribution is 2.30. The van der Waals surface area contributed by atoms with E-state index in [0.717, 1.165) is 19.3 Å². The summed E-state index contributed by atoms with van der Waals surface area (Å²) in [5.74, 6) is 0.0881. The largest absolute Gasteiger partial charge is 0.381 e. The summed E-state index contributed by atoms with van der Waals surface area (Å²) >= 11 is 0. The Labute approximate surface area is 97.9 Å². The molecule has 0 saturated carbocycles. The maximum atomic E-state index is 12.3. The zero-order chi connectivity index (χ0) is 12.2. The average Bonchev–Trinajstić information content (AvgIpc) is 2.29. The van der Waals surface area contributed by atoms with Crippen molar-refractivity contribution in [2.24, 2.45) is 11.1 Å². The van der Waals surface area contributed by atoms with E-state index >= 15 is 0 Å². The molecule has 1 aliphatic heterocycles. The van der Waals surface area contributed by atoms with Crippen LogP contribution in [0.4, 0.5) is 0 Å². The molecule has 0 aromatic heterocycles. The van der Waals surface area contributed by atoms with Gasteiger partial charge in [-0.25, -0.2) is 0 Å². The molecule has 0 aromatic rings. The second kappa shape index (κ2) is 5.15. The third-order valence-corrected chi connectivity index (χ3v) is 3.66. The number of rotatable bonds is 4. The molecule has 1 rings (SSSR count). The number of hydrogen-bond donors (Lipinski definition) is 2. The Morgan fingerprint density at radius 1 is 1.44 bits per heavy atom. The van der Waals surface area contributed by atoms with Crippen molar-refractivity contribution in [2.75, 3.05) is 19.8 Å². The zero-order valence-corrected chi connectivity index (χ0v) is 10.6. The molecule has 0 radical (unpaired) electrons. The molecule has 1 amide bonds. The molecule has 0 unspecified atom stereocenters. The first-order chi connectivity index (χ1) is 7.46. The van der Waals surface area contributed by atoms with Crippen LogP contribution in [0, 0.1) is 5.41 Å². The van der Waals surface area contributed by atoms with Crippen LogP contribution in [0.5, 0.6) is 0 Å². The van der Waals surface area contributed by atoms with Crippen LogP contribution in [0.1, 0.15) is 40.0 Å². The Balaban J connectivity index is 2.69. The SMILES string of the molecule is CCC(C)(C)NC(=O)C1(CN)CCOCC1. The molecule has 0 aromatic carbocycles. The summed E-state index contributed by atoms with van der Waals surface area (Å²) in [7, 11) is 0. The third-order valence-electron chi connectivity index (χ3n) is 3.66. The molecular weight excluding hydrogens is 204 g/mol. The van der Waals surface area contributed by atoms with Crippen LogP contribution >= 0.6 is 0 Å². The Morgan fingerprint density at radius 3 is 2.44 bits per heavy atom. The van der Waals surface area contributed by atoms with E-state index in [2.05, 4.69) is 12.2 Å². The molecule has 1 aliphatic rings. The number of carbonyl (C=O) groups excluding carboxylic acids is 1. The second-order valence-corrected chi connectivity index (χ2v) is 5.29. The third kappa shape index (κ3) is 2.95. The Hall–Kier alpha value is -0.610. The molecule has 4 nitrogen and oxygen atoms in total. The lowest BCUT2D eigenvalue weighted by atomic mass is 9.78. The van der Waals surface area contributed by atoms with Crippen molar-refractivity contribution in [1.29, 1.82) is 0 Å². The minimum atomic E-state index is -0.412. The molecule has 0 bridgehead atoms. The predicted molar refractivity (Wildman–Crippen MR) is 64.1 cm³/mol. The van der Waals surface area contributed by atoms with Crippen molar-refractivity contribution < 1.29 is 9.53 Å². The maximum absolute atomic E-state index is 12.3. The Kier molecular flexibility index (Phi) is 4.33. The van der Waals surface area contributed by atoms with Crippen LogP contribution in [-0.4, -0.2) is 31.2 Å². The summed E-state index contributed by atoms with van der Waals surface area (Å²) in [5.41, 5.74) is 5.22. The monoisotopic (exact) mass is 228 g/mol. The maximum Gasteiger partial charge on any atom is 0.228 e. The van der Waals surface area contributed by atoms with Crippen molar-refractivity contribution in [3.63, 3.8) is 0 Å². The highest BCUT2D eigenvalue weighted by molar-refractivity contribution is 5.83. The van der Waals surface area contributed by atoms with Gasteiger partial charge in [0, 0.05) is 25.3 Å². The van der Waals surface area contributed by atoms with E-state index < -0.39 is 5.41 Å². The van der Waals surface area contributed by atoms with Gasteiger partial charge in [0.1, 0.15) is 0 Å². The molecule has 0 atom stereocenters. The Bertz CT molecular complexity index is 245.